The van der Waals surface area contributed by atoms with E-state index >= 15 is 0 Å². The highest BCUT2D eigenvalue weighted by atomic mass is 19.1. The fraction of sp³-hybridized carbons (Fsp3) is 0.588. The molecule has 0 unspecified atom stereocenters. The van der Waals surface area contributed by atoms with E-state index in [0.717, 1.165) is 13.1 Å². The number of piperidine rings is 1. The van der Waals surface area contributed by atoms with E-state index in [0.29, 0.717) is 6.54 Å². The normalized spacial score (nSPS) is 16.3. The van der Waals surface area contributed by atoms with E-state index in [1.807, 2.05) is 0 Å². The number of hydrogen-bond donors (Lipinski definition) is 1. The molecule has 0 bridgehead atoms. The van der Waals surface area contributed by atoms with Gasteiger partial charge in [-0.2, -0.15) is 0 Å². The van der Waals surface area contributed by atoms with E-state index in [1.165, 1.54) is 31.4 Å². The zero-order chi connectivity index (χ0) is 16.0. The third-order valence-corrected chi connectivity index (χ3v) is 4.13. The first-order valence-electron chi connectivity index (χ1n) is 7.88. The van der Waals surface area contributed by atoms with E-state index < -0.39 is 5.82 Å². The first-order valence-corrected chi connectivity index (χ1v) is 7.88. The van der Waals surface area contributed by atoms with E-state index in [4.69, 9.17) is 4.74 Å². The zero-order valence-corrected chi connectivity index (χ0v) is 13.4. The summed E-state index contributed by atoms with van der Waals surface area (Å²) in [7, 11) is 0. The number of para-hydroxylation sites is 1. The second kappa shape index (κ2) is 7.58. The van der Waals surface area contributed by atoms with Gasteiger partial charge in [0.2, 0.25) is 0 Å². The number of halogens is 1. The highest BCUT2D eigenvalue weighted by Crippen LogP contribution is 2.20. The SMILES string of the molecule is CC(C)(CNC(=O)COc1ccccc1F)N1CCCCC1. The minimum atomic E-state index is -0.455. The van der Waals surface area contributed by atoms with Crippen molar-refractivity contribution in [2.75, 3.05) is 26.2 Å². The molecular formula is C17H25FN2O2. The van der Waals surface area contributed by atoms with Crippen LogP contribution < -0.4 is 10.1 Å². The summed E-state index contributed by atoms with van der Waals surface area (Å²) in [4.78, 5) is 14.3. The Kier molecular flexibility index (Phi) is 5.77. The maximum atomic E-state index is 13.4. The highest BCUT2D eigenvalue weighted by molar-refractivity contribution is 5.77. The maximum absolute atomic E-state index is 13.4. The lowest BCUT2D eigenvalue weighted by atomic mass is 9.98. The third kappa shape index (κ3) is 4.70. The molecule has 1 N–H and O–H groups in total. The van der Waals surface area contributed by atoms with Gasteiger partial charge in [-0.15, -0.1) is 0 Å². The standard InChI is InChI=1S/C17H25FN2O2/c1-17(2,20-10-6-3-7-11-20)13-19-16(21)12-22-15-9-5-4-8-14(15)18/h4-5,8-9H,3,6-7,10-13H2,1-2H3,(H,19,21). The number of hydrogen-bond acceptors (Lipinski definition) is 3. The number of nitrogens with one attached hydrogen (secondary N) is 1. The number of amides is 1. The lowest BCUT2D eigenvalue weighted by molar-refractivity contribution is -0.123. The Hall–Kier alpha value is -1.62. The molecule has 1 saturated heterocycles. The van der Waals surface area contributed by atoms with Crippen molar-refractivity contribution in [3.8, 4) is 5.75 Å². The summed E-state index contributed by atoms with van der Waals surface area (Å²) in [5.74, 6) is -0.578. The van der Waals surface area contributed by atoms with Crippen LogP contribution in [0.1, 0.15) is 33.1 Å². The second-order valence-electron chi connectivity index (χ2n) is 6.36. The second-order valence-corrected chi connectivity index (χ2v) is 6.36. The summed E-state index contributed by atoms with van der Waals surface area (Å²) in [5.41, 5.74) is -0.0753. The molecule has 1 heterocycles. The molecule has 5 heteroatoms. The maximum Gasteiger partial charge on any atom is 0.258 e. The van der Waals surface area contributed by atoms with Crippen LogP contribution in [0.25, 0.3) is 0 Å². The summed E-state index contributed by atoms with van der Waals surface area (Å²) in [6, 6.07) is 6.09. The van der Waals surface area contributed by atoms with E-state index in [1.54, 1.807) is 12.1 Å². The predicted octanol–water partition coefficient (Wildman–Crippen LogP) is 2.59. The van der Waals surface area contributed by atoms with Gasteiger partial charge in [-0.1, -0.05) is 18.6 Å². The van der Waals surface area contributed by atoms with Gasteiger partial charge in [-0.3, -0.25) is 9.69 Å². The van der Waals surface area contributed by atoms with E-state index in [9.17, 15) is 9.18 Å². The Bertz CT molecular complexity index is 499. The van der Waals surface area contributed by atoms with Gasteiger partial charge in [-0.25, -0.2) is 4.39 Å². The van der Waals surface area contributed by atoms with Gasteiger partial charge in [0.25, 0.3) is 5.91 Å². The number of ether oxygens (including phenoxy) is 1. The number of carbonyl (C=O) groups excluding carboxylic acids is 1. The van der Waals surface area contributed by atoms with Gasteiger partial charge < -0.3 is 10.1 Å². The average Bonchev–Trinajstić information content (AvgIpc) is 2.53. The van der Waals surface area contributed by atoms with Crippen LogP contribution in [-0.4, -0.2) is 42.6 Å². The quantitative estimate of drug-likeness (QED) is 0.878. The van der Waals surface area contributed by atoms with Crippen LogP contribution in [0.15, 0.2) is 24.3 Å². The fourth-order valence-corrected chi connectivity index (χ4v) is 2.68. The average molecular weight is 308 g/mol. The van der Waals surface area contributed by atoms with E-state index in [2.05, 4.69) is 24.1 Å². The van der Waals surface area contributed by atoms with Crippen LogP contribution in [0.4, 0.5) is 4.39 Å². The zero-order valence-electron chi connectivity index (χ0n) is 13.4. The van der Waals surface area contributed by atoms with Gasteiger partial charge in [-0.05, 0) is 51.9 Å². The fourth-order valence-electron chi connectivity index (χ4n) is 2.68. The molecule has 0 spiro atoms. The number of benzene rings is 1. The summed E-state index contributed by atoms with van der Waals surface area (Å²) in [5, 5.41) is 2.88. The number of nitrogens with zero attached hydrogens (tertiary/aromatic N) is 1. The first-order chi connectivity index (χ1) is 10.5. The van der Waals surface area contributed by atoms with E-state index in [-0.39, 0.29) is 23.8 Å². The van der Waals surface area contributed by atoms with Gasteiger partial charge in [0.05, 0.1) is 0 Å². The van der Waals surface area contributed by atoms with Crippen LogP contribution >= 0.6 is 0 Å². The molecule has 4 nitrogen and oxygen atoms in total. The van der Waals surface area contributed by atoms with Crippen molar-refractivity contribution >= 4 is 5.91 Å². The Morgan fingerprint density at radius 2 is 1.95 bits per heavy atom. The molecule has 0 saturated carbocycles. The first kappa shape index (κ1) is 16.7. The monoisotopic (exact) mass is 308 g/mol. The minimum absolute atomic E-state index is 0.0753. The molecule has 2 rings (SSSR count). The summed E-state index contributed by atoms with van der Waals surface area (Å²) < 4.78 is 18.6. The Morgan fingerprint density at radius 3 is 2.64 bits per heavy atom. The third-order valence-electron chi connectivity index (χ3n) is 4.13. The lowest BCUT2D eigenvalue weighted by Crippen LogP contribution is -2.53. The molecule has 0 aliphatic carbocycles. The molecule has 0 aromatic heterocycles. The smallest absolute Gasteiger partial charge is 0.258 e. The summed E-state index contributed by atoms with van der Waals surface area (Å²) in [6.07, 6.45) is 3.72. The van der Waals surface area contributed by atoms with Crippen LogP contribution in [-0.2, 0) is 4.79 Å². The Balaban J connectivity index is 1.76. The molecule has 1 aromatic rings. The molecule has 1 aliphatic heterocycles. The Morgan fingerprint density at radius 1 is 1.27 bits per heavy atom. The van der Waals surface area contributed by atoms with Gasteiger partial charge in [0.1, 0.15) is 0 Å². The van der Waals surface area contributed by atoms with Gasteiger partial charge >= 0.3 is 0 Å². The molecule has 1 aromatic carbocycles. The number of carbonyl (C=O) groups is 1. The molecule has 1 fully saturated rings. The highest BCUT2D eigenvalue weighted by Gasteiger charge is 2.28. The predicted molar refractivity (Wildman–Crippen MR) is 84.4 cm³/mol. The van der Waals surface area contributed by atoms with Gasteiger partial charge in [0, 0.05) is 12.1 Å². The van der Waals surface area contributed by atoms with Crippen molar-refractivity contribution in [2.24, 2.45) is 0 Å². The van der Waals surface area contributed by atoms with Crippen molar-refractivity contribution in [3.63, 3.8) is 0 Å². The van der Waals surface area contributed by atoms with Crippen molar-refractivity contribution in [2.45, 2.75) is 38.6 Å². The molecule has 22 heavy (non-hydrogen) atoms. The number of likely N-dealkylation sites (tertiary alicyclic amines) is 1. The molecule has 1 amide bonds. The topological polar surface area (TPSA) is 41.6 Å². The summed E-state index contributed by atoms with van der Waals surface area (Å²) >= 11 is 0. The van der Waals surface area contributed by atoms with Crippen LogP contribution in [0.5, 0.6) is 5.75 Å². The van der Waals surface area contributed by atoms with Crippen molar-refractivity contribution in [3.05, 3.63) is 30.1 Å². The van der Waals surface area contributed by atoms with Crippen molar-refractivity contribution < 1.29 is 13.9 Å². The molecular weight excluding hydrogens is 283 g/mol. The lowest BCUT2D eigenvalue weighted by Gasteiger charge is -2.41. The van der Waals surface area contributed by atoms with Crippen molar-refractivity contribution in [1.82, 2.24) is 10.2 Å². The molecule has 0 atom stereocenters. The minimum Gasteiger partial charge on any atom is -0.481 e. The number of rotatable bonds is 6. The van der Waals surface area contributed by atoms with Crippen LogP contribution in [0.3, 0.4) is 0 Å². The van der Waals surface area contributed by atoms with Gasteiger partial charge in [0.15, 0.2) is 18.2 Å². The Labute approximate surface area is 131 Å². The molecule has 1 aliphatic rings. The van der Waals surface area contributed by atoms with Crippen LogP contribution in [0, 0.1) is 5.82 Å². The molecule has 0 radical (unpaired) electrons. The van der Waals surface area contributed by atoms with Crippen LogP contribution in [0.2, 0.25) is 0 Å². The van der Waals surface area contributed by atoms with Crippen molar-refractivity contribution in [1.29, 1.82) is 0 Å². The largest absolute Gasteiger partial charge is 0.481 e. The summed E-state index contributed by atoms with van der Waals surface area (Å²) in [6.45, 7) is 6.82. The molecule has 122 valence electrons.